The van der Waals surface area contributed by atoms with E-state index in [1.54, 1.807) is 7.05 Å². The molecule has 0 aromatic carbocycles. The van der Waals surface area contributed by atoms with E-state index in [0.29, 0.717) is 5.03 Å². The molecule has 0 aliphatic rings. The zero-order valence-electron chi connectivity index (χ0n) is 9.26. The average Bonchev–Trinajstić information content (AvgIpc) is 2.53. The van der Waals surface area contributed by atoms with Gasteiger partial charge in [0.25, 0.3) is 5.88 Å². The number of aryl methyl sites for hydroxylation is 1. The monoisotopic (exact) mass is 286 g/mol. The summed E-state index contributed by atoms with van der Waals surface area (Å²) in [5, 5.41) is 4.96. The first-order chi connectivity index (χ1) is 7.47. The van der Waals surface area contributed by atoms with Crippen molar-refractivity contribution in [1.82, 2.24) is 9.78 Å². The van der Waals surface area contributed by atoms with Crippen LogP contribution in [0.2, 0.25) is 5.02 Å². The van der Waals surface area contributed by atoms with Gasteiger partial charge in [0.05, 0.1) is 0 Å². The Kier molecular flexibility index (Phi) is 4.70. The first-order valence-electron chi connectivity index (χ1n) is 4.15. The summed E-state index contributed by atoms with van der Waals surface area (Å²) in [6.07, 6.45) is 1.85. The van der Waals surface area contributed by atoms with E-state index in [1.165, 1.54) is 30.7 Å². The van der Waals surface area contributed by atoms with Gasteiger partial charge < -0.3 is 4.52 Å². The molecule has 0 bridgehead atoms. The molecule has 1 aromatic rings. The summed E-state index contributed by atoms with van der Waals surface area (Å²) < 4.78 is 27.5. The topological polar surface area (TPSA) is 62.6 Å². The molecule has 9 heteroatoms. The molecule has 0 saturated heterocycles. The first-order valence-corrected chi connectivity index (χ1v) is 7.21. The second kappa shape index (κ2) is 5.42. The first kappa shape index (κ1) is 13.9. The largest absolute Gasteiger partial charge is 0.530 e. The molecular weight excluding hydrogens is 275 g/mol. The SMILES string of the molecule is COP(=O)(OC)Oc1nn(C)c(SC)c1Cl. The predicted molar refractivity (Wildman–Crippen MR) is 62.3 cm³/mol. The van der Waals surface area contributed by atoms with Crippen LogP contribution in [0.1, 0.15) is 0 Å². The van der Waals surface area contributed by atoms with E-state index in [0.717, 1.165) is 0 Å². The third-order valence-corrected chi connectivity index (χ3v) is 4.35. The van der Waals surface area contributed by atoms with Gasteiger partial charge in [0.1, 0.15) is 10.0 Å². The van der Waals surface area contributed by atoms with Crippen LogP contribution in [0.15, 0.2) is 5.03 Å². The molecule has 0 N–H and O–H groups in total. The van der Waals surface area contributed by atoms with Gasteiger partial charge in [-0.25, -0.2) is 4.57 Å². The van der Waals surface area contributed by atoms with Gasteiger partial charge in [-0.15, -0.1) is 16.9 Å². The van der Waals surface area contributed by atoms with E-state index < -0.39 is 7.82 Å². The van der Waals surface area contributed by atoms with E-state index in [9.17, 15) is 4.57 Å². The highest BCUT2D eigenvalue weighted by Gasteiger charge is 2.29. The summed E-state index contributed by atoms with van der Waals surface area (Å²) in [4.78, 5) is 0. The minimum Gasteiger partial charge on any atom is -0.382 e. The highest BCUT2D eigenvalue weighted by atomic mass is 35.5. The predicted octanol–water partition coefficient (Wildman–Crippen LogP) is 2.58. The van der Waals surface area contributed by atoms with Gasteiger partial charge in [0.2, 0.25) is 0 Å². The van der Waals surface area contributed by atoms with Crippen LogP contribution < -0.4 is 4.52 Å². The fourth-order valence-electron chi connectivity index (χ4n) is 0.994. The molecule has 6 nitrogen and oxygen atoms in total. The maximum atomic E-state index is 11.7. The van der Waals surface area contributed by atoms with Crippen molar-refractivity contribution in [2.45, 2.75) is 5.03 Å². The lowest BCUT2D eigenvalue weighted by Gasteiger charge is -2.11. The zero-order valence-corrected chi connectivity index (χ0v) is 11.7. The molecule has 0 radical (unpaired) electrons. The molecule has 0 fully saturated rings. The van der Waals surface area contributed by atoms with Crippen LogP contribution in [-0.2, 0) is 20.7 Å². The summed E-state index contributed by atoms with van der Waals surface area (Å²) in [7, 11) is 0.525. The molecule has 0 atom stereocenters. The molecule has 16 heavy (non-hydrogen) atoms. The molecule has 0 saturated carbocycles. The van der Waals surface area contributed by atoms with Gasteiger partial charge in [-0.3, -0.25) is 13.7 Å². The van der Waals surface area contributed by atoms with Gasteiger partial charge in [-0.05, 0) is 6.26 Å². The number of phosphoric acid groups is 1. The summed E-state index contributed by atoms with van der Waals surface area (Å²) in [5.74, 6) is 0.0283. The minimum atomic E-state index is -3.62. The maximum Gasteiger partial charge on any atom is 0.530 e. The summed E-state index contributed by atoms with van der Waals surface area (Å²) in [6.45, 7) is 0. The van der Waals surface area contributed by atoms with E-state index >= 15 is 0 Å². The number of aromatic nitrogens is 2. The molecule has 0 aliphatic carbocycles. The molecule has 1 aromatic heterocycles. The standard InChI is InChI=1S/C7H12ClN2O4PS/c1-10-7(16-4)5(8)6(9-10)14-15(11,12-2)13-3/h1-4H3. The van der Waals surface area contributed by atoms with Crippen molar-refractivity contribution in [2.75, 3.05) is 20.5 Å². The fraction of sp³-hybridized carbons (Fsp3) is 0.571. The Hall–Kier alpha value is -0.200. The Morgan fingerprint density at radius 2 is 2.00 bits per heavy atom. The van der Waals surface area contributed by atoms with Crippen LogP contribution in [-0.4, -0.2) is 30.3 Å². The van der Waals surface area contributed by atoms with Crippen LogP contribution in [0, 0.1) is 0 Å². The van der Waals surface area contributed by atoms with E-state index in [4.69, 9.17) is 16.1 Å². The van der Waals surface area contributed by atoms with Gasteiger partial charge in [0.15, 0.2) is 0 Å². The molecule has 0 amide bonds. The van der Waals surface area contributed by atoms with Gasteiger partial charge in [0, 0.05) is 21.3 Å². The lowest BCUT2D eigenvalue weighted by atomic mass is 10.7. The van der Waals surface area contributed by atoms with Gasteiger partial charge >= 0.3 is 7.82 Å². The number of rotatable bonds is 5. The maximum absolute atomic E-state index is 11.7. The second-order valence-electron chi connectivity index (χ2n) is 2.66. The van der Waals surface area contributed by atoms with Crippen molar-refractivity contribution in [3.8, 4) is 5.88 Å². The molecule has 1 heterocycles. The molecule has 92 valence electrons. The Bertz CT molecular complexity index is 417. The van der Waals surface area contributed by atoms with Crippen LogP contribution in [0.5, 0.6) is 5.88 Å². The molecule has 0 aliphatic heterocycles. The number of nitrogens with zero attached hydrogens (tertiary/aromatic N) is 2. The summed E-state index contributed by atoms with van der Waals surface area (Å²) >= 11 is 7.39. The highest BCUT2D eigenvalue weighted by Crippen LogP contribution is 2.49. The van der Waals surface area contributed by atoms with Crippen molar-refractivity contribution in [1.29, 1.82) is 0 Å². The highest BCUT2D eigenvalue weighted by molar-refractivity contribution is 7.98. The van der Waals surface area contributed by atoms with E-state index in [-0.39, 0.29) is 10.9 Å². The average molecular weight is 287 g/mol. The molecule has 1 rings (SSSR count). The van der Waals surface area contributed by atoms with Crippen molar-refractivity contribution < 1.29 is 18.1 Å². The van der Waals surface area contributed by atoms with Crippen LogP contribution >= 0.6 is 31.2 Å². The second-order valence-corrected chi connectivity index (χ2v) is 5.64. The minimum absolute atomic E-state index is 0.0283. The van der Waals surface area contributed by atoms with Crippen molar-refractivity contribution >= 4 is 31.2 Å². The number of hydrogen-bond donors (Lipinski definition) is 0. The Morgan fingerprint density at radius 3 is 2.38 bits per heavy atom. The molecule has 0 spiro atoms. The third kappa shape index (κ3) is 2.73. The Morgan fingerprint density at radius 1 is 1.44 bits per heavy atom. The fourth-order valence-corrected chi connectivity index (χ4v) is 2.69. The van der Waals surface area contributed by atoms with E-state index in [1.807, 2.05) is 6.26 Å². The third-order valence-electron chi connectivity index (χ3n) is 1.75. The van der Waals surface area contributed by atoms with Gasteiger partial charge in [-0.2, -0.15) is 0 Å². The smallest absolute Gasteiger partial charge is 0.382 e. The van der Waals surface area contributed by atoms with E-state index in [2.05, 4.69) is 14.1 Å². The summed E-state index contributed by atoms with van der Waals surface area (Å²) in [6, 6.07) is 0. The number of hydrogen-bond acceptors (Lipinski definition) is 6. The summed E-state index contributed by atoms with van der Waals surface area (Å²) in [5.41, 5.74) is 0. The Balaban J connectivity index is 3.03. The van der Waals surface area contributed by atoms with Gasteiger partial charge in [-0.1, -0.05) is 11.6 Å². The Labute approximate surface area is 103 Å². The van der Waals surface area contributed by atoms with Crippen molar-refractivity contribution in [3.63, 3.8) is 0 Å². The normalized spacial score (nSPS) is 11.8. The quantitative estimate of drug-likeness (QED) is 0.612. The number of phosphoric ester groups is 1. The lowest BCUT2D eigenvalue weighted by molar-refractivity contribution is 0.208. The molecule has 0 unspecified atom stereocenters. The number of halogens is 1. The molecular formula is C7H12ClN2O4PS. The van der Waals surface area contributed by atoms with Crippen LogP contribution in [0.3, 0.4) is 0 Å². The van der Waals surface area contributed by atoms with Crippen LogP contribution in [0.25, 0.3) is 0 Å². The lowest BCUT2D eigenvalue weighted by Crippen LogP contribution is -1.98. The number of thioether (sulfide) groups is 1. The van der Waals surface area contributed by atoms with Crippen molar-refractivity contribution in [2.24, 2.45) is 7.05 Å². The van der Waals surface area contributed by atoms with Crippen molar-refractivity contribution in [3.05, 3.63) is 5.02 Å². The van der Waals surface area contributed by atoms with Crippen LogP contribution in [0.4, 0.5) is 0 Å². The zero-order chi connectivity index (χ0) is 12.3.